The molecule has 4 nitrogen and oxygen atoms in total. The van der Waals surface area contributed by atoms with E-state index in [-0.39, 0.29) is 11.8 Å². The highest BCUT2D eigenvalue weighted by molar-refractivity contribution is 7.10. The van der Waals surface area contributed by atoms with Crippen molar-refractivity contribution in [1.82, 2.24) is 5.32 Å². The zero-order chi connectivity index (χ0) is 14.7. The predicted octanol–water partition coefficient (Wildman–Crippen LogP) is 2.86. The van der Waals surface area contributed by atoms with Gasteiger partial charge < -0.3 is 10.4 Å². The summed E-state index contributed by atoms with van der Waals surface area (Å²) in [5, 5.41) is 13.8. The van der Waals surface area contributed by atoms with Crippen LogP contribution in [0.25, 0.3) is 0 Å². The summed E-state index contributed by atoms with van der Waals surface area (Å²) in [6.07, 6.45) is 4.99. The number of aliphatic carboxylic acids is 1. The van der Waals surface area contributed by atoms with E-state index in [2.05, 4.69) is 5.32 Å². The van der Waals surface area contributed by atoms with Gasteiger partial charge in [-0.2, -0.15) is 0 Å². The minimum absolute atomic E-state index is 0.0779. The number of aryl methyl sites for hydroxylation is 1. The van der Waals surface area contributed by atoms with Crippen molar-refractivity contribution in [2.24, 2.45) is 5.92 Å². The van der Waals surface area contributed by atoms with Gasteiger partial charge >= 0.3 is 5.97 Å². The number of fused-ring (bicyclic) bond motifs is 1. The SMILES string of the molecule is CC[C@H](C)[C@H](NC(=O)c1csc2c1CCCC2)C(=O)O. The van der Waals surface area contributed by atoms with E-state index in [1.165, 1.54) is 11.3 Å². The summed E-state index contributed by atoms with van der Waals surface area (Å²) in [6, 6.07) is -0.813. The van der Waals surface area contributed by atoms with Gasteiger partial charge in [-0.3, -0.25) is 4.79 Å². The third kappa shape index (κ3) is 3.03. The zero-order valence-electron chi connectivity index (χ0n) is 11.9. The molecule has 2 N–H and O–H groups in total. The molecular weight excluding hydrogens is 274 g/mol. The number of carboxylic acid groups (broad SMARTS) is 1. The predicted molar refractivity (Wildman–Crippen MR) is 79.3 cm³/mol. The summed E-state index contributed by atoms with van der Waals surface area (Å²) in [5.74, 6) is -1.28. The Hall–Kier alpha value is -1.36. The van der Waals surface area contributed by atoms with Crippen LogP contribution in [0.4, 0.5) is 0 Å². The van der Waals surface area contributed by atoms with Crippen molar-refractivity contribution < 1.29 is 14.7 Å². The fourth-order valence-corrected chi connectivity index (χ4v) is 3.71. The first-order chi connectivity index (χ1) is 9.54. The number of thiophene rings is 1. The fraction of sp³-hybridized carbons (Fsp3) is 0.600. The first-order valence-electron chi connectivity index (χ1n) is 7.17. The Bertz CT molecular complexity index is 509. The van der Waals surface area contributed by atoms with E-state index < -0.39 is 12.0 Å². The van der Waals surface area contributed by atoms with Crippen LogP contribution in [-0.4, -0.2) is 23.0 Å². The highest BCUT2D eigenvalue weighted by atomic mass is 32.1. The number of hydrogen-bond donors (Lipinski definition) is 2. The molecule has 1 aliphatic rings. The van der Waals surface area contributed by atoms with E-state index >= 15 is 0 Å². The van der Waals surface area contributed by atoms with E-state index in [1.54, 1.807) is 11.3 Å². The van der Waals surface area contributed by atoms with E-state index in [0.29, 0.717) is 5.56 Å². The molecule has 0 spiro atoms. The molecule has 1 heterocycles. The summed E-state index contributed by atoms with van der Waals surface area (Å²) in [6.45, 7) is 3.78. The standard InChI is InChI=1S/C15H21NO3S/c1-3-9(2)13(15(18)19)16-14(17)11-8-20-12-7-5-4-6-10(11)12/h8-9,13H,3-7H2,1-2H3,(H,16,17)(H,18,19)/t9-,13-/m0/s1. The summed E-state index contributed by atoms with van der Waals surface area (Å²) >= 11 is 1.62. The van der Waals surface area contributed by atoms with Crippen molar-refractivity contribution in [3.05, 3.63) is 21.4 Å². The summed E-state index contributed by atoms with van der Waals surface area (Å²) in [5.41, 5.74) is 1.81. The lowest BCUT2D eigenvalue weighted by Gasteiger charge is -2.20. The molecule has 20 heavy (non-hydrogen) atoms. The molecule has 5 heteroatoms. The van der Waals surface area contributed by atoms with Gasteiger partial charge in [0.05, 0.1) is 5.56 Å². The van der Waals surface area contributed by atoms with E-state index in [4.69, 9.17) is 0 Å². The van der Waals surface area contributed by atoms with Crippen LogP contribution in [0.5, 0.6) is 0 Å². The Labute approximate surface area is 123 Å². The number of carboxylic acids is 1. The van der Waals surface area contributed by atoms with Gasteiger partial charge in [-0.25, -0.2) is 4.79 Å². The number of carbonyl (C=O) groups is 2. The molecule has 1 aliphatic carbocycles. The van der Waals surface area contributed by atoms with Gasteiger partial charge in [0.15, 0.2) is 0 Å². The molecule has 0 aliphatic heterocycles. The van der Waals surface area contributed by atoms with Gasteiger partial charge in [-0.05, 0) is 37.2 Å². The normalized spacial score (nSPS) is 17.1. The van der Waals surface area contributed by atoms with Gasteiger partial charge in [0.25, 0.3) is 5.91 Å². The second-order valence-corrected chi connectivity index (χ2v) is 6.40. The largest absolute Gasteiger partial charge is 0.480 e. The van der Waals surface area contributed by atoms with Gasteiger partial charge in [0, 0.05) is 10.3 Å². The van der Waals surface area contributed by atoms with Crippen LogP contribution < -0.4 is 5.32 Å². The average Bonchev–Trinajstić information content (AvgIpc) is 2.87. The molecule has 0 saturated heterocycles. The van der Waals surface area contributed by atoms with Crippen molar-refractivity contribution in [3.8, 4) is 0 Å². The maximum atomic E-state index is 12.3. The lowest BCUT2D eigenvalue weighted by atomic mass is 9.94. The summed E-state index contributed by atoms with van der Waals surface area (Å²) in [4.78, 5) is 24.9. The van der Waals surface area contributed by atoms with Crippen molar-refractivity contribution in [2.45, 2.75) is 52.0 Å². The van der Waals surface area contributed by atoms with Gasteiger partial charge in [-0.1, -0.05) is 20.3 Å². The van der Waals surface area contributed by atoms with Gasteiger partial charge in [0.1, 0.15) is 6.04 Å². The number of rotatable bonds is 5. The second kappa shape index (κ2) is 6.39. The second-order valence-electron chi connectivity index (χ2n) is 5.43. The third-order valence-electron chi connectivity index (χ3n) is 4.07. The molecular formula is C15H21NO3S. The highest BCUT2D eigenvalue weighted by Gasteiger charge is 2.28. The molecule has 0 radical (unpaired) electrons. The van der Waals surface area contributed by atoms with E-state index in [1.807, 2.05) is 19.2 Å². The van der Waals surface area contributed by atoms with Crippen molar-refractivity contribution in [2.75, 3.05) is 0 Å². The molecule has 0 saturated carbocycles. The molecule has 0 aromatic carbocycles. The zero-order valence-corrected chi connectivity index (χ0v) is 12.8. The lowest BCUT2D eigenvalue weighted by Crippen LogP contribution is -2.45. The third-order valence-corrected chi connectivity index (χ3v) is 5.16. The van der Waals surface area contributed by atoms with Crippen molar-refractivity contribution >= 4 is 23.2 Å². The van der Waals surface area contributed by atoms with Crippen LogP contribution in [0.15, 0.2) is 5.38 Å². The molecule has 0 fully saturated rings. The summed E-state index contributed by atoms with van der Waals surface area (Å²) in [7, 11) is 0. The molecule has 1 aromatic heterocycles. The monoisotopic (exact) mass is 295 g/mol. The number of carbonyl (C=O) groups excluding carboxylic acids is 1. The highest BCUT2D eigenvalue weighted by Crippen LogP contribution is 2.30. The Morgan fingerprint density at radius 2 is 2.10 bits per heavy atom. The summed E-state index contributed by atoms with van der Waals surface area (Å²) < 4.78 is 0. The van der Waals surface area contributed by atoms with Crippen LogP contribution in [0.3, 0.4) is 0 Å². The number of amides is 1. The van der Waals surface area contributed by atoms with Gasteiger partial charge in [-0.15, -0.1) is 11.3 Å². The first-order valence-corrected chi connectivity index (χ1v) is 8.05. The average molecular weight is 295 g/mol. The quantitative estimate of drug-likeness (QED) is 0.878. The number of nitrogens with one attached hydrogen (secondary N) is 1. The lowest BCUT2D eigenvalue weighted by molar-refractivity contribution is -0.140. The van der Waals surface area contributed by atoms with Crippen LogP contribution >= 0.6 is 11.3 Å². The smallest absolute Gasteiger partial charge is 0.326 e. The topological polar surface area (TPSA) is 66.4 Å². The van der Waals surface area contributed by atoms with Crippen LogP contribution in [0.1, 0.15) is 53.9 Å². The molecule has 0 bridgehead atoms. The Kier molecular flexibility index (Phi) is 4.81. The Morgan fingerprint density at radius 3 is 2.75 bits per heavy atom. The first kappa shape index (κ1) is 15.0. The molecule has 0 unspecified atom stereocenters. The van der Waals surface area contributed by atoms with Gasteiger partial charge in [0.2, 0.25) is 0 Å². The van der Waals surface area contributed by atoms with Crippen LogP contribution in [0.2, 0.25) is 0 Å². The fourth-order valence-electron chi connectivity index (χ4n) is 2.59. The molecule has 110 valence electrons. The van der Waals surface area contributed by atoms with Crippen molar-refractivity contribution in [1.29, 1.82) is 0 Å². The van der Waals surface area contributed by atoms with Crippen LogP contribution in [0, 0.1) is 5.92 Å². The molecule has 2 atom stereocenters. The minimum atomic E-state index is -0.961. The van der Waals surface area contributed by atoms with E-state index in [0.717, 1.165) is 31.2 Å². The Balaban J connectivity index is 2.15. The molecule has 2 rings (SSSR count). The van der Waals surface area contributed by atoms with Crippen LogP contribution in [-0.2, 0) is 17.6 Å². The minimum Gasteiger partial charge on any atom is -0.480 e. The maximum Gasteiger partial charge on any atom is 0.326 e. The molecule has 1 aromatic rings. The van der Waals surface area contributed by atoms with E-state index in [9.17, 15) is 14.7 Å². The molecule has 1 amide bonds. The number of hydrogen-bond acceptors (Lipinski definition) is 3. The van der Waals surface area contributed by atoms with Crippen molar-refractivity contribution in [3.63, 3.8) is 0 Å². The maximum absolute atomic E-state index is 12.3. The Morgan fingerprint density at radius 1 is 1.40 bits per heavy atom.